The van der Waals surface area contributed by atoms with Crippen molar-refractivity contribution >= 4 is 17.3 Å². The van der Waals surface area contributed by atoms with Gasteiger partial charge in [-0.15, -0.1) is 0 Å². The van der Waals surface area contributed by atoms with Gasteiger partial charge in [0.2, 0.25) is 0 Å². The molecule has 0 aliphatic rings. The van der Waals surface area contributed by atoms with Crippen molar-refractivity contribution in [2.75, 3.05) is 5.32 Å². The summed E-state index contributed by atoms with van der Waals surface area (Å²) in [6, 6.07) is 15.2. The summed E-state index contributed by atoms with van der Waals surface area (Å²) >= 11 is 5.88. The SMILES string of the molecule is CC(CC(C)(C)c1ccccc1)Nc1cc(F)cc(Cl)c1. The molecule has 0 saturated carbocycles. The van der Waals surface area contributed by atoms with Crippen LogP contribution in [0.1, 0.15) is 32.8 Å². The van der Waals surface area contributed by atoms with Crippen molar-refractivity contribution in [3.8, 4) is 0 Å². The summed E-state index contributed by atoms with van der Waals surface area (Å²) in [5, 5.41) is 3.73. The van der Waals surface area contributed by atoms with Crippen LogP contribution in [0.5, 0.6) is 0 Å². The smallest absolute Gasteiger partial charge is 0.126 e. The van der Waals surface area contributed by atoms with E-state index in [2.05, 4.69) is 50.4 Å². The first-order valence-corrected chi connectivity index (χ1v) is 7.53. The van der Waals surface area contributed by atoms with Crippen LogP contribution in [0.15, 0.2) is 48.5 Å². The van der Waals surface area contributed by atoms with Crippen molar-refractivity contribution < 1.29 is 4.39 Å². The summed E-state index contributed by atoms with van der Waals surface area (Å²) in [6.07, 6.45) is 0.936. The second kappa shape index (κ2) is 6.48. The van der Waals surface area contributed by atoms with Crippen LogP contribution in [0.25, 0.3) is 0 Å². The second-order valence-corrected chi connectivity index (χ2v) is 6.59. The lowest BCUT2D eigenvalue weighted by molar-refractivity contribution is 0.450. The summed E-state index contributed by atoms with van der Waals surface area (Å²) in [4.78, 5) is 0. The van der Waals surface area contributed by atoms with Crippen molar-refractivity contribution in [1.82, 2.24) is 0 Å². The zero-order valence-corrected chi connectivity index (χ0v) is 13.4. The maximum Gasteiger partial charge on any atom is 0.126 e. The highest BCUT2D eigenvalue weighted by Gasteiger charge is 2.23. The topological polar surface area (TPSA) is 12.0 Å². The van der Waals surface area contributed by atoms with E-state index in [9.17, 15) is 4.39 Å². The average Bonchev–Trinajstić information content (AvgIpc) is 2.37. The zero-order valence-electron chi connectivity index (χ0n) is 12.7. The van der Waals surface area contributed by atoms with Gasteiger partial charge in [-0.2, -0.15) is 0 Å². The van der Waals surface area contributed by atoms with Gasteiger partial charge in [0.15, 0.2) is 0 Å². The standard InChI is InChI=1S/C18H21ClFN/c1-13(21-17-10-15(19)9-16(20)11-17)12-18(2,3)14-7-5-4-6-8-14/h4-11,13,21H,12H2,1-3H3. The Morgan fingerprint density at radius 3 is 2.43 bits per heavy atom. The molecular formula is C18H21ClFN. The van der Waals surface area contributed by atoms with Crippen LogP contribution < -0.4 is 5.32 Å². The van der Waals surface area contributed by atoms with Crippen molar-refractivity contribution in [3.63, 3.8) is 0 Å². The van der Waals surface area contributed by atoms with Crippen LogP contribution in [0, 0.1) is 5.82 Å². The summed E-state index contributed by atoms with van der Waals surface area (Å²) in [5.41, 5.74) is 2.07. The van der Waals surface area contributed by atoms with E-state index in [4.69, 9.17) is 11.6 Å². The van der Waals surface area contributed by atoms with Crippen molar-refractivity contribution in [3.05, 3.63) is 64.9 Å². The maximum atomic E-state index is 13.4. The highest BCUT2D eigenvalue weighted by atomic mass is 35.5. The predicted molar refractivity (Wildman–Crippen MR) is 88.6 cm³/mol. The Balaban J connectivity index is 2.05. The van der Waals surface area contributed by atoms with Gasteiger partial charge in [0, 0.05) is 16.8 Å². The molecule has 0 heterocycles. The number of nitrogens with one attached hydrogen (secondary N) is 1. The molecule has 1 atom stereocenters. The fraction of sp³-hybridized carbons (Fsp3) is 0.333. The molecular weight excluding hydrogens is 285 g/mol. The fourth-order valence-electron chi connectivity index (χ4n) is 2.75. The molecule has 2 aromatic carbocycles. The van der Waals surface area contributed by atoms with Gasteiger partial charge in [0.25, 0.3) is 0 Å². The van der Waals surface area contributed by atoms with Crippen LogP contribution >= 0.6 is 11.6 Å². The molecule has 2 rings (SSSR count). The first-order valence-electron chi connectivity index (χ1n) is 7.15. The van der Waals surface area contributed by atoms with Gasteiger partial charge >= 0.3 is 0 Å². The lowest BCUT2D eigenvalue weighted by atomic mass is 9.79. The molecule has 0 fully saturated rings. The minimum absolute atomic E-state index is 0.0464. The third-order valence-corrected chi connectivity index (χ3v) is 3.87. The predicted octanol–water partition coefficient (Wildman–Crippen LogP) is 5.65. The van der Waals surface area contributed by atoms with E-state index in [1.54, 1.807) is 6.07 Å². The highest BCUT2D eigenvalue weighted by Crippen LogP contribution is 2.29. The van der Waals surface area contributed by atoms with Crippen LogP contribution in [-0.2, 0) is 5.41 Å². The molecule has 21 heavy (non-hydrogen) atoms. The van der Waals surface area contributed by atoms with Crippen LogP contribution in [0.4, 0.5) is 10.1 Å². The van der Waals surface area contributed by atoms with Crippen molar-refractivity contribution in [2.24, 2.45) is 0 Å². The Morgan fingerprint density at radius 2 is 1.81 bits per heavy atom. The van der Waals surface area contributed by atoms with Gasteiger partial charge in [-0.3, -0.25) is 0 Å². The third-order valence-electron chi connectivity index (χ3n) is 3.65. The molecule has 3 heteroatoms. The number of anilines is 1. The monoisotopic (exact) mass is 305 g/mol. The van der Waals surface area contributed by atoms with E-state index < -0.39 is 0 Å². The molecule has 0 radical (unpaired) electrons. The number of hydrogen-bond donors (Lipinski definition) is 1. The van der Waals surface area contributed by atoms with Gasteiger partial charge in [0.1, 0.15) is 5.82 Å². The number of rotatable bonds is 5. The second-order valence-electron chi connectivity index (χ2n) is 6.16. The summed E-state index contributed by atoms with van der Waals surface area (Å²) in [6.45, 7) is 6.54. The Bertz CT molecular complexity index is 575. The minimum atomic E-state index is -0.320. The molecule has 1 unspecified atom stereocenters. The lowest BCUT2D eigenvalue weighted by Crippen LogP contribution is -2.27. The summed E-state index contributed by atoms with van der Waals surface area (Å²) < 4.78 is 13.4. The van der Waals surface area contributed by atoms with Crippen molar-refractivity contribution in [1.29, 1.82) is 0 Å². The summed E-state index contributed by atoms with van der Waals surface area (Å²) in [7, 11) is 0. The Labute approximate surface area is 131 Å². The van der Waals surface area contributed by atoms with E-state index in [0.29, 0.717) is 5.02 Å². The maximum absolute atomic E-state index is 13.4. The lowest BCUT2D eigenvalue weighted by Gasteiger charge is -2.29. The third kappa shape index (κ3) is 4.47. The van der Waals surface area contributed by atoms with Gasteiger partial charge in [0.05, 0.1) is 0 Å². The van der Waals surface area contributed by atoms with E-state index in [1.165, 1.54) is 17.7 Å². The molecule has 0 aromatic heterocycles. The van der Waals surface area contributed by atoms with Gasteiger partial charge in [-0.1, -0.05) is 55.8 Å². The fourth-order valence-corrected chi connectivity index (χ4v) is 2.97. The molecule has 112 valence electrons. The molecule has 0 saturated heterocycles. The average molecular weight is 306 g/mol. The molecule has 0 aliphatic carbocycles. The van der Waals surface area contributed by atoms with Gasteiger partial charge in [-0.25, -0.2) is 4.39 Å². The Kier molecular flexibility index (Phi) is 4.89. The Morgan fingerprint density at radius 1 is 1.14 bits per heavy atom. The summed E-state index contributed by atoms with van der Waals surface area (Å²) in [5.74, 6) is -0.320. The Hall–Kier alpha value is -1.54. The first kappa shape index (κ1) is 15.8. The van der Waals surface area contributed by atoms with E-state index in [0.717, 1.165) is 12.1 Å². The highest BCUT2D eigenvalue weighted by molar-refractivity contribution is 6.30. The number of halogens is 2. The molecule has 2 aromatic rings. The zero-order chi connectivity index (χ0) is 15.5. The quantitative estimate of drug-likeness (QED) is 0.753. The molecule has 0 spiro atoms. The van der Waals surface area contributed by atoms with Gasteiger partial charge in [-0.05, 0) is 42.5 Å². The van der Waals surface area contributed by atoms with Crippen LogP contribution in [0.3, 0.4) is 0 Å². The first-order chi connectivity index (χ1) is 9.87. The van der Waals surface area contributed by atoms with Crippen LogP contribution in [0.2, 0.25) is 5.02 Å². The van der Waals surface area contributed by atoms with Crippen LogP contribution in [-0.4, -0.2) is 6.04 Å². The molecule has 0 amide bonds. The van der Waals surface area contributed by atoms with E-state index in [-0.39, 0.29) is 17.3 Å². The largest absolute Gasteiger partial charge is 0.382 e. The molecule has 0 bridgehead atoms. The van der Waals surface area contributed by atoms with E-state index >= 15 is 0 Å². The normalized spacial score (nSPS) is 13.0. The molecule has 1 nitrogen and oxygen atoms in total. The van der Waals surface area contributed by atoms with Crippen molar-refractivity contribution in [2.45, 2.75) is 38.6 Å². The number of hydrogen-bond acceptors (Lipinski definition) is 1. The van der Waals surface area contributed by atoms with Gasteiger partial charge < -0.3 is 5.32 Å². The minimum Gasteiger partial charge on any atom is -0.382 e. The number of benzene rings is 2. The molecule has 0 aliphatic heterocycles. The molecule has 1 N–H and O–H groups in total. The van der Waals surface area contributed by atoms with E-state index in [1.807, 2.05) is 6.07 Å².